The van der Waals surface area contributed by atoms with E-state index in [4.69, 9.17) is 10.5 Å². The van der Waals surface area contributed by atoms with Gasteiger partial charge in [0.2, 0.25) is 0 Å². The molecule has 0 saturated carbocycles. The summed E-state index contributed by atoms with van der Waals surface area (Å²) in [6, 6.07) is 12.5. The molecule has 2 N–H and O–H groups in total. The molecule has 0 aromatic heterocycles. The number of aryl methyl sites for hydroxylation is 2. The molecule has 0 heterocycles. The summed E-state index contributed by atoms with van der Waals surface area (Å²) in [4.78, 5) is 0. The summed E-state index contributed by atoms with van der Waals surface area (Å²) in [5.74, 6) is 0.884. The van der Waals surface area contributed by atoms with E-state index in [0.29, 0.717) is 13.2 Å². The number of nitrogens with two attached hydrogens (primary N) is 1. The summed E-state index contributed by atoms with van der Waals surface area (Å²) in [7, 11) is 0. The highest BCUT2D eigenvalue weighted by molar-refractivity contribution is 9.10. The molecular formula is C17H20BrNO. The van der Waals surface area contributed by atoms with E-state index in [9.17, 15) is 0 Å². The molecule has 3 heteroatoms. The molecule has 0 amide bonds. The van der Waals surface area contributed by atoms with Crippen molar-refractivity contribution in [1.29, 1.82) is 0 Å². The third-order valence-corrected chi connectivity index (χ3v) is 4.18. The Morgan fingerprint density at radius 1 is 1.05 bits per heavy atom. The summed E-state index contributed by atoms with van der Waals surface area (Å²) in [5, 5.41) is 0. The standard InChI is InChI=1S/C17H20BrNO/c1-12-3-4-14(9-13(12)2)11-20-16-5-6-17(18)15(10-16)7-8-19/h3-6,9-10H,7-8,11,19H2,1-2H3. The quantitative estimate of drug-likeness (QED) is 0.892. The van der Waals surface area contributed by atoms with Crippen molar-refractivity contribution in [3.05, 3.63) is 63.1 Å². The average molecular weight is 334 g/mol. The minimum absolute atomic E-state index is 0.588. The Bertz CT molecular complexity index is 596. The molecule has 0 bridgehead atoms. The van der Waals surface area contributed by atoms with Gasteiger partial charge in [-0.3, -0.25) is 0 Å². The molecule has 2 rings (SSSR count). The second-order valence-electron chi connectivity index (χ2n) is 5.00. The van der Waals surface area contributed by atoms with Crippen LogP contribution in [0.2, 0.25) is 0 Å². The Morgan fingerprint density at radius 2 is 1.85 bits per heavy atom. The van der Waals surface area contributed by atoms with Crippen LogP contribution in [-0.4, -0.2) is 6.54 Å². The molecule has 0 aliphatic heterocycles. The molecular weight excluding hydrogens is 314 g/mol. The zero-order valence-corrected chi connectivity index (χ0v) is 13.5. The average Bonchev–Trinajstić information content (AvgIpc) is 2.43. The zero-order chi connectivity index (χ0) is 14.5. The molecule has 0 atom stereocenters. The van der Waals surface area contributed by atoms with Crippen LogP contribution in [0.5, 0.6) is 5.75 Å². The lowest BCUT2D eigenvalue weighted by atomic mass is 10.1. The normalized spacial score (nSPS) is 10.6. The van der Waals surface area contributed by atoms with Crippen LogP contribution in [0.3, 0.4) is 0 Å². The summed E-state index contributed by atoms with van der Waals surface area (Å²) >= 11 is 3.53. The molecule has 0 fully saturated rings. The minimum atomic E-state index is 0.588. The molecule has 0 spiro atoms. The molecule has 0 aliphatic carbocycles. The van der Waals surface area contributed by atoms with Gasteiger partial charge in [-0.25, -0.2) is 0 Å². The zero-order valence-electron chi connectivity index (χ0n) is 11.9. The van der Waals surface area contributed by atoms with Crippen LogP contribution in [0.4, 0.5) is 0 Å². The van der Waals surface area contributed by atoms with Crippen LogP contribution in [0.25, 0.3) is 0 Å². The van der Waals surface area contributed by atoms with Crippen LogP contribution in [0, 0.1) is 13.8 Å². The van der Waals surface area contributed by atoms with Gasteiger partial charge in [-0.15, -0.1) is 0 Å². The fourth-order valence-electron chi connectivity index (χ4n) is 2.05. The Hall–Kier alpha value is -1.32. The largest absolute Gasteiger partial charge is 0.489 e. The first-order chi connectivity index (χ1) is 9.60. The predicted molar refractivity (Wildman–Crippen MR) is 87.1 cm³/mol. The molecule has 0 saturated heterocycles. The maximum absolute atomic E-state index is 5.87. The van der Waals surface area contributed by atoms with Crippen LogP contribution < -0.4 is 10.5 Å². The van der Waals surface area contributed by atoms with Gasteiger partial charge in [0.1, 0.15) is 12.4 Å². The van der Waals surface area contributed by atoms with Crippen LogP contribution in [0.15, 0.2) is 40.9 Å². The molecule has 0 unspecified atom stereocenters. The molecule has 2 nitrogen and oxygen atoms in total. The summed E-state index contributed by atoms with van der Waals surface area (Å²) in [6.45, 7) is 5.47. The van der Waals surface area contributed by atoms with Crippen molar-refractivity contribution >= 4 is 15.9 Å². The third-order valence-electron chi connectivity index (χ3n) is 3.41. The van der Waals surface area contributed by atoms with Crippen LogP contribution in [0.1, 0.15) is 22.3 Å². The first kappa shape index (κ1) is 15.1. The molecule has 2 aromatic rings. The highest BCUT2D eigenvalue weighted by Gasteiger charge is 2.03. The number of halogens is 1. The molecule has 2 aromatic carbocycles. The van der Waals surface area contributed by atoms with Gasteiger partial charge in [-0.05, 0) is 67.3 Å². The highest BCUT2D eigenvalue weighted by Crippen LogP contribution is 2.23. The number of hydrogen-bond donors (Lipinski definition) is 1. The Balaban J connectivity index is 2.06. The Labute approximate surface area is 129 Å². The summed E-state index contributed by atoms with van der Waals surface area (Å²) in [6.07, 6.45) is 0.849. The van der Waals surface area contributed by atoms with Gasteiger partial charge < -0.3 is 10.5 Å². The third kappa shape index (κ3) is 3.84. The lowest BCUT2D eigenvalue weighted by Gasteiger charge is -2.10. The van der Waals surface area contributed by atoms with Crippen molar-refractivity contribution in [3.63, 3.8) is 0 Å². The van der Waals surface area contributed by atoms with Gasteiger partial charge >= 0.3 is 0 Å². The predicted octanol–water partition coefficient (Wildman–Crippen LogP) is 4.15. The van der Waals surface area contributed by atoms with E-state index in [2.05, 4.69) is 54.0 Å². The lowest BCUT2D eigenvalue weighted by molar-refractivity contribution is 0.306. The van der Waals surface area contributed by atoms with E-state index in [0.717, 1.165) is 16.6 Å². The van der Waals surface area contributed by atoms with E-state index in [1.165, 1.54) is 22.3 Å². The van der Waals surface area contributed by atoms with E-state index >= 15 is 0 Å². The topological polar surface area (TPSA) is 35.2 Å². The van der Waals surface area contributed by atoms with Crippen LogP contribution >= 0.6 is 15.9 Å². The van der Waals surface area contributed by atoms with Gasteiger partial charge in [-0.1, -0.05) is 34.1 Å². The number of benzene rings is 2. The Morgan fingerprint density at radius 3 is 2.55 bits per heavy atom. The van der Waals surface area contributed by atoms with Crippen molar-refractivity contribution in [2.24, 2.45) is 5.73 Å². The smallest absolute Gasteiger partial charge is 0.120 e. The first-order valence-electron chi connectivity index (χ1n) is 6.77. The fourth-order valence-corrected chi connectivity index (χ4v) is 2.49. The van der Waals surface area contributed by atoms with Crippen molar-refractivity contribution in [2.75, 3.05) is 6.54 Å². The number of rotatable bonds is 5. The maximum atomic E-state index is 5.87. The number of hydrogen-bond acceptors (Lipinski definition) is 2. The van der Waals surface area contributed by atoms with Crippen molar-refractivity contribution in [1.82, 2.24) is 0 Å². The minimum Gasteiger partial charge on any atom is -0.489 e. The second kappa shape index (κ2) is 6.91. The molecule has 20 heavy (non-hydrogen) atoms. The lowest BCUT2D eigenvalue weighted by Crippen LogP contribution is -2.04. The SMILES string of the molecule is Cc1ccc(COc2ccc(Br)c(CCN)c2)cc1C. The highest BCUT2D eigenvalue weighted by atomic mass is 79.9. The molecule has 106 valence electrons. The van der Waals surface area contributed by atoms with Gasteiger partial charge in [-0.2, -0.15) is 0 Å². The van der Waals surface area contributed by atoms with Gasteiger partial charge in [0.05, 0.1) is 0 Å². The van der Waals surface area contributed by atoms with Crippen molar-refractivity contribution < 1.29 is 4.74 Å². The fraction of sp³-hybridized carbons (Fsp3) is 0.294. The maximum Gasteiger partial charge on any atom is 0.120 e. The van der Waals surface area contributed by atoms with Gasteiger partial charge in [0, 0.05) is 4.47 Å². The van der Waals surface area contributed by atoms with E-state index in [1.54, 1.807) is 0 Å². The first-order valence-corrected chi connectivity index (χ1v) is 7.57. The van der Waals surface area contributed by atoms with Crippen molar-refractivity contribution in [3.8, 4) is 5.75 Å². The van der Waals surface area contributed by atoms with Gasteiger partial charge in [0.15, 0.2) is 0 Å². The van der Waals surface area contributed by atoms with E-state index in [1.807, 2.05) is 12.1 Å². The Kier molecular flexibility index (Phi) is 5.21. The van der Waals surface area contributed by atoms with E-state index < -0.39 is 0 Å². The summed E-state index contributed by atoms with van der Waals surface area (Å²) < 4.78 is 6.95. The second-order valence-corrected chi connectivity index (χ2v) is 5.85. The monoisotopic (exact) mass is 333 g/mol. The number of ether oxygens (including phenoxy) is 1. The van der Waals surface area contributed by atoms with Crippen LogP contribution in [-0.2, 0) is 13.0 Å². The van der Waals surface area contributed by atoms with Crippen molar-refractivity contribution in [2.45, 2.75) is 26.9 Å². The molecule has 0 radical (unpaired) electrons. The summed E-state index contributed by atoms with van der Waals surface area (Å²) in [5.41, 5.74) is 10.6. The van der Waals surface area contributed by atoms with E-state index in [-0.39, 0.29) is 0 Å². The van der Waals surface area contributed by atoms with Gasteiger partial charge in [0.25, 0.3) is 0 Å². The molecule has 0 aliphatic rings.